The minimum atomic E-state index is -3.31. The van der Waals surface area contributed by atoms with Crippen LogP contribution in [0, 0.1) is 11.8 Å². The molecule has 7 nitrogen and oxygen atoms in total. The summed E-state index contributed by atoms with van der Waals surface area (Å²) in [5, 5.41) is 11.6. The summed E-state index contributed by atoms with van der Waals surface area (Å²) in [5.74, 6) is -8.60. The Morgan fingerprint density at radius 3 is 2.20 bits per heavy atom. The topological polar surface area (TPSA) is 95.9 Å². The zero-order valence-corrected chi connectivity index (χ0v) is 19.1. The van der Waals surface area contributed by atoms with Gasteiger partial charge in [-0.2, -0.15) is 0 Å². The lowest BCUT2D eigenvalue weighted by atomic mass is 9.98. The van der Waals surface area contributed by atoms with E-state index < -0.39 is 48.3 Å². The largest absolute Gasteiger partial charge is 0.480 e. The van der Waals surface area contributed by atoms with E-state index in [1.165, 1.54) is 6.92 Å². The number of aliphatic carboxylic acids is 1. The molecule has 0 spiro atoms. The average Bonchev–Trinajstić information content (AvgIpc) is 3.72. The molecule has 5 rings (SSSR count). The van der Waals surface area contributed by atoms with Crippen LogP contribution in [0.3, 0.4) is 0 Å². The van der Waals surface area contributed by atoms with Crippen LogP contribution in [0.2, 0.25) is 0 Å². The second kappa shape index (κ2) is 8.62. The highest BCUT2D eigenvalue weighted by atomic mass is 19.3. The van der Waals surface area contributed by atoms with Crippen molar-refractivity contribution in [3.05, 3.63) is 59.7 Å². The van der Waals surface area contributed by atoms with E-state index in [4.69, 9.17) is 4.74 Å². The van der Waals surface area contributed by atoms with Crippen molar-refractivity contribution in [2.45, 2.75) is 43.7 Å². The first kappa shape index (κ1) is 23.3. The Balaban J connectivity index is 1.18. The molecule has 2 saturated carbocycles. The first-order chi connectivity index (χ1) is 16.7. The molecule has 3 aliphatic rings. The predicted octanol–water partition coefficient (Wildman–Crippen LogP) is 3.87. The second-order valence-electron chi connectivity index (χ2n) is 9.46. The van der Waals surface area contributed by atoms with Gasteiger partial charge >= 0.3 is 12.1 Å². The molecule has 3 aliphatic carbocycles. The van der Waals surface area contributed by atoms with Gasteiger partial charge in [0.15, 0.2) is 0 Å². The number of carboxylic acid groups (broad SMARTS) is 1. The van der Waals surface area contributed by atoms with Crippen LogP contribution < -0.4 is 5.32 Å². The highest BCUT2D eigenvalue weighted by Gasteiger charge is 2.73. The van der Waals surface area contributed by atoms with Crippen LogP contribution in [0.25, 0.3) is 11.1 Å². The van der Waals surface area contributed by atoms with Gasteiger partial charge in [-0.3, -0.25) is 4.79 Å². The number of nitrogens with zero attached hydrogens (tertiary/aromatic N) is 1. The van der Waals surface area contributed by atoms with Gasteiger partial charge < -0.3 is 20.1 Å². The zero-order chi connectivity index (χ0) is 24.9. The molecular formula is C26H26F2N2O5. The Labute approximate surface area is 201 Å². The number of amides is 2. The van der Waals surface area contributed by atoms with Gasteiger partial charge in [0.25, 0.3) is 5.92 Å². The SMILES string of the molecule is CC(C(=O)O)N(C(=O)[C@@H]1[C@H](CNC(=O)OCC2c3ccccc3-c3ccccc32)C1(F)F)C1CC1. The molecule has 9 heteroatoms. The van der Waals surface area contributed by atoms with Gasteiger partial charge in [-0.1, -0.05) is 48.5 Å². The molecule has 184 valence electrons. The number of carbonyl (C=O) groups excluding carboxylic acids is 2. The Hall–Kier alpha value is -3.49. The van der Waals surface area contributed by atoms with Crippen molar-refractivity contribution in [1.29, 1.82) is 0 Å². The number of carbonyl (C=O) groups is 3. The summed E-state index contributed by atoms with van der Waals surface area (Å²) in [7, 11) is 0. The summed E-state index contributed by atoms with van der Waals surface area (Å²) in [6.07, 6.45) is 0.368. The molecule has 35 heavy (non-hydrogen) atoms. The molecule has 2 amide bonds. The van der Waals surface area contributed by atoms with Crippen molar-refractivity contribution < 1.29 is 33.0 Å². The number of fused-ring (bicyclic) bond motifs is 3. The molecule has 0 heterocycles. The summed E-state index contributed by atoms with van der Waals surface area (Å²) in [6, 6.07) is 14.2. The van der Waals surface area contributed by atoms with Gasteiger partial charge in [-0.05, 0) is 42.0 Å². The lowest BCUT2D eigenvalue weighted by Gasteiger charge is -2.26. The predicted molar refractivity (Wildman–Crippen MR) is 122 cm³/mol. The van der Waals surface area contributed by atoms with Gasteiger partial charge in [0.2, 0.25) is 5.91 Å². The fraction of sp³-hybridized carbons (Fsp3) is 0.423. The van der Waals surface area contributed by atoms with Crippen molar-refractivity contribution >= 4 is 18.0 Å². The van der Waals surface area contributed by atoms with Gasteiger partial charge in [-0.15, -0.1) is 0 Å². The van der Waals surface area contributed by atoms with Crippen molar-refractivity contribution in [2.75, 3.05) is 13.2 Å². The molecule has 1 unspecified atom stereocenters. The maximum Gasteiger partial charge on any atom is 0.407 e. The highest BCUT2D eigenvalue weighted by molar-refractivity contribution is 5.88. The zero-order valence-electron chi connectivity index (χ0n) is 19.1. The summed E-state index contributed by atoms with van der Waals surface area (Å²) in [6.45, 7) is 0.942. The Bertz CT molecular complexity index is 1140. The van der Waals surface area contributed by atoms with E-state index in [0.29, 0.717) is 12.8 Å². The molecule has 2 fully saturated rings. The fourth-order valence-electron chi connectivity index (χ4n) is 5.14. The van der Waals surface area contributed by atoms with Crippen LogP contribution in [-0.2, 0) is 14.3 Å². The minimum Gasteiger partial charge on any atom is -0.480 e. The molecule has 0 bridgehead atoms. The lowest BCUT2D eigenvalue weighted by molar-refractivity contribution is -0.151. The Kier molecular flexibility index (Phi) is 5.73. The van der Waals surface area contributed by atoms with Crippen LogP contribution in [0.4, 0.5) is 13.6 Å². The van der Waals surface area contributed by atoms with Crippen LogP contribution in [0.5, 0.6) is 0 Å². The first-order valence-corrected chi connectivity index (χ1v) is 11.7. The second-order valence-corrected chi connectivity index (χ2v) is 9.46. The van der Waals surface area contributed by atoms with Crippen molar-refractivity contribution in [1.82, 2.24) is 10.2 Å². The third-order valence-electron chi connectivity index (χ3n) is 7.25. The van der Waals surface area contributed by atoms with Crippen molar-refractivity contribution in [3.63, 3.8) is 0 Å². The van der Waals surface area contributed by atoms with Gasteiger partial charge in [0, 0.05) is 18.5 Å². The standard InChI is InChI=1S/C26H26F2N2O5/c1-14(24(32)33)30(15-10-11-15)23(31)22-21(26(22,27)28)12-29-25(34)35-13-20-18-8-4-2-6-16(18)17-7-3-5-9-19(17)20/h2-9,14-15,20-22H,10-13H2,1H3,(H,29,34)(H,32,33)/t14?,21-,22-/m0/s1. The number of hydrogen-bond donors (Lipinski definition) is 2. The van der Waals surface area contributed by atoms with Crippen LogP contribution in [-0.4, -0.2) is 59.1 Å². The van der Waals surface area contributed by atoms with Crippen molar-refractivity contribution in [2.24, 2.45) is 11.8 Å². The number of alkyl halides is 2. The number of benzene rings is 2. The lowest BCUT2D eigenvalue weighted by Crippen LogP contribution is -2.46. The molecule has 0 radical (unpaired) electrons. The smallest absolute Gasteiger partial charge is 0.407 e. The van der Waals surface area contributed by atoms with Gasteiger partial charge in [0.1, 0.15) is 18.6 Å². The van der Waals surface area contributed by atoms with E-state index in [2.05, 4.69) is 5.32 Å². The monoisotopic (exact) mass is 484 g/mol. The normalized spacial score (nSPS) is 22.5. The van der Waals surface area contributed by atoms with Crippen LogP contribution in [0.15, 0.2) is 48.5 Å². The number of halogens is 2. The molecule has 0 aliphatic heterocycles. The molecule has 3 atom stereocenters. The molecule has 0 aromatic heterocycles. The maximum absolute atomic E-state index is 14.4. The molecule has 2 aromatic carbocycles. The number of alkyl carbamates (subject to hydrolysis) is 1. The Morgan fingerprint density at radius 2 is 1.66 bits per heavy atom. The number of rotatable bonds is 8. The third-order valence-corrected chi connectivity index (χ3v) is 7.25. The first-order valence-electron chi connectivity index (χ1n) is 11.7. The summed E-state index contributed by atoms with van der Waals surface area (Å²) in [5.41, 5.74) is 4.22. The third kappa shape index (κ3) is 4.13. The van der Waals surface area contributed by atoms with E-state index in [-0.39, 0.29) is 18.6 Å². The van der Waals surface area contributed by atoms with Crippen LogP contribution in [0.1, 0.15) is 36.8 Å². The molecular weight excluding hydrogens is 458 g/mol. The Morgan fingerprint density at radius 1 is 1.09 bits per heavy atom. The van der Waals surface area contributed by atoms with Gasteiger partial charge in [0.05, 0.1) is 5.92 Å². The quantitative estimate of drug-likeness (QED) is 0.593. The van der Waals surface area contributed by atoms with E-state index >= 15 is 0 Å². The molecule has 0 saturated heterocycles. The number of nitrogens with one attached hydrogen (secondary N) is 1. The molecule has 2 N–H and O–H groups in total. The number of hydrogen-bond acceptors (Lipinski definition) is 4. The summed E-state index contributed by atoms with van der Waals surface area (Å²) < 4.78 is 34.3. The maximum atomic E-state index is 14.4. The number of carboxylic acids is 1. The highest BCUT2D eigenvalue weighted by Crippen LogP contribution is 2.56. The summed E-state index contributed by atoms with van der Waals surface area (Å²) >= 11 is 0. The van der Waals surface area contributed by atoms with E-state index in [0.717, 1.165) is 27.2 Å². The average molecular weight is 484 g/mol. The van der Waals surface area contributed by atoms with Crippen molar-refractivity contribution in [3.8, 4) is 11.1 Å². The molecule has 2 aromatic rings. The van der Waals surface area contributed by atoms with E-state index in [1.807, 2.05) is 48.5 Å². The van der Waals surface area contributed by atoms with E-state index in [9.17, 15) is 28.3 Å². The number of ether oxygens (including phenoxy) is 1. The van der Waals surface area contributed by atoms with Gasteiger partial charge in [-0.25, -0.2) is 18.4 Å². The van der Waals surface area contributed by atoms with Crippen LogP contribution >= 0.6 is 0 Å². The minimum absolute atomic E-state index is 0.0505. The van der Waals surface area contributed by atoms with E-state index in [1.54, 1.807) is 0 Å². The fourth-order valence-corrected chi connectivity index (χ4v) is 5.14. The summed E-state index contributed by atoms with van der Waals surface area (Å²) in [4.78, 5) is 37.5.